The van der Waals surface area contributed by atoms with Gasteiger partial charge in [0.05, 0.1) is 6.10 Å². The normalized spacial score (nSPS) is 18.3. The van der Waals surface area contributed by atoms with Gasteiger partial charge in [-0.2, -0.15) is 0 Å². The van der Waals surface area contributed by atoms with E-state index in [2.05, 4.69) is 17.5 Å². The van der Waals surface area contributed by atoms with Crippen molar-refractivity contribution in [1.82, 2.24) is 5.32 Å². The number of hydrogen-bond donors (Lipinski definition) is 4. The molecule has 4 N–H and O–H groups in total. The van der Waals surface area contributed by atoms with Crippen molar-refractivity contribution in [2.75, 3.05) is 13.5 Å². The first kappa shape index (κ1) is 17.8. The number of nitrogens with one attached hydrogen (secondary N) is 1. The second-order valence-corrected chi connectivity index (χ2v) is 6.31. The molecule has 0 aromatic heterocycles. The van der Waals surface area contributed by atoms with Crippen molar-refractivity contribution in [1.29, 1.82) is 0 Å². The number of carbonyl (C=O) groups is 2. The van der Waals surface area contributed by atoms with Crippen LogP contribution in [0, 0.1) is 0 Å². The van der Waals surface area contributed by atoms with Crippen LogP contribution in [0.1, 0.15) is 38.9 Å². The van der Waals surface area contributed by atoms with Gasteiger partial charge in [0.1, 0.15) is 0 Å². The van der Waals surface area contributed by atoms with E-state index in [9.17, 15) is 14.7 Å². The van der Waals surface area contributed by atoms with Gasteiger partial charge in [-0.3, -0.25) is 0 Å². The molecule has 1 aliphatic rings. The summed E-state index contributed by atoms with van der Waals surface area (Å²) in [6, 6.07) is 16.0. The van der Waals surface area contributed by atoms with Crippen LogP contribution in [0.25, 0.3) is 5.57 Å². The largest absolute Gasteiger partial charge is 0.478 e. The molecule has 0 saturated heterocycles. The van der Waals surface area contributed by atoms with Crippen LogP contribution in [0.15, 0.2) is 66.8 Å². The van der Waals surface area contributed by atoms with E-state index in [0.29, 0.717) is 31.5 Å². The Morgan fingerprint density at radius 3 is 2.34 bits per heavy atom. The van der Waals surface area contributed by atoms with Crippen LogP contribution in [0.3, 0.4) is 0 Å². The molecule has 2 aromatic carbocycles. The molecular weight excluding hydrogens is 370 g/mol. The van der Waals surface area contributed by atoms with Crippen molar-refractivity contribution in [3.05, 3.63) is 89.0 Å². The molecular formula is C23H25NO5. The average Bonchev–Trinajstić information content (AvgIpc) is 2.84. The fraction of sp³-hybridized carbons (Fsp3) is 0.217. The van der Waals surface area contributed by atoms with E-state index >= 15 is 0 Å². The second kappa shape index (κ2) is 10.9. The van der Waals surface area contributed by atoms with Crippen LogP contribution in [0.4, 0.5) is 0 Å². The second-order valence-electron chi connectivity index (χ2n) is 6.31. The van der Waals surface area contributed by atoms with Gasteiger partial charge in [-0.1, -0.05) is 54.6 Å². The summed E-state index contributed by atoms with van der Waals surface area (Å²) < 4.78 is 21.7. The first-order valence-electron chi connectivity index (χ1n) is 10.5. The lowest BCUT2D eigenvalue weighted by Gasteiger charge is -2.13. The van der Waals surface area contributed by atoms with Gasteiger partial charge < -0.3 is 20.6 Å². The maximum atomic E-state index is 10.6. The van der Waals surface area contributed by atoms with Crippen LogP contribution in [0.5, 0.6) is 0 Å². The molecule has 1 aliphatic carbocycles. The molecule has 2 aromatic rings. The van der Waals surface area contributed by atoms with Gasteiger partial charge in [0.15, 0.2) is 0 Å². The summed E-state index contributed by atoms with van der Waals surface area (Å²) in [6.07, 6.45) is 3.83. The third-order valence-corrected chi connectivity index (χ3v) is 4.32. The molecule has 0 saturated carbocycles. The van der Waals surface area contributed by atoms with Crippen molar-refractivity contribution >= 4 is 17.5 Å². The van der Waals surface area contributed by atoms with E-state index in [4.69, 9.17) is 14.3 Å². The van der Waals surface area contributed by atoms with Crippen LogP contribution < -0.4 is 5.32 Å². The molecule has 0 fully saturated rings. The summed E-state index contributed by atoms with van der Waals surface area (Å²) in [5.41, 5.74) is 5.21. The zero-order valence-corrected chi connectivity index (χ0v) is 15.7. The molecule has 0 bridgehead atoms. The highest BCUT2D eigenvalue weighted by Gasteiger charge is 2.22. The zero-order chi connectivity index (χ0) is 23.7. The Kier molecular flexibility index (Phi) is 6.74. The van der Waals surface area contributed by atoms with Crippen molar-refractivity contribution in [3.63, 3.8) is 0 Å². The molecule has 6 heteroatoms. The van der Waals surface area contributed by atoms with Crippen molar-refractivity contribution in [2.45, 2.75) is 18.9 Å². The summed E-state index contributed by atoms with van der Waals surface area (Å²) in [5, 5.41) is 28.7. The number of aliphatic hydroxyl groups excluding tert-OH is 1. The maximum Gasteiger partial charge on any atom is 0.328 e. The number of hydrogen-bond acceptors (Lipinski definition) is 4. The van der Waals surface area contributed by atoms with Gasteiger partial charge in [-0.05, 0) is 47.8 Å². The van der Waals surface area contributed by atoms with Gasteiger partial charge in [0, 0.05) is 22.7 Å². The van der Waals surface area contributed by atoms with Gasteiger partial charge in [0.25, 0.3) is 0 Å². The van der Waals surface area contributed by atoms with E-state index in [0.717, 1.165) is 27.8 Å². The Hall–Kier alpha value is -3.22. The number of aliphatic hydroxyl groups is 1. The molecule has 1 atom stereocenters. The minimum atomic E-state index is -2.12. The zero-order valence-electron chi connectivity index (χ0n) is 18.7. The fourth-order valence-corrected chi connectivity index (χ4v) is 3.11. The van der Waals surface area contributed by atoms with E-state index < -0.39 is 25.0 Å². The first-order chi connectivity index (χ1) is 15.1. The molecule has 0 heterocycles. The van der Waals surface area contributed by atoms with Crippen LogP contribution >= 0.6 is 0 Å². The molecule has 0 amide bonds. The lowest BCUT2D eigenvalue weighted by molar-refractivity contribution is -0.134. The fourth-order valence-electron chi connectivity index (χ4n) is 3.11. The average molecular weight is 398 g/mol. The molecule has 0 radical (unpaired) electrons. The quantitative estimate of drug-likeness (QED) is 0.456. The molecule has 1 unspecified atom stereocenters. The Balaban J connectivity index is 0.000000390. The summed E-state index contributed by atoms with van der Waals surface area (Å²) in [4.78, 5) is 19.1. The maximum absolute atomic E-state index is 10.6. The highest BCUT2D eigenvalue weighted by atomic mass is 16.4. The standard InChI is InChI=1S/C19H21NO.C4H4O4/c1-20-12-6-11-16-15-8-3-2-7-14(15)13-19(21)18-10-5-4-9-17(16)18;5-3(6)1-2-4(7)8/h2-5,7-11,19-21H,6,12-13H2,1H3;1-2H,(H,5,6)(H,7,8)/b16-11+;2-1-/i1D3;. The van der Waals surface area contributed by atoms with Crippen molar-refractivity contribution in [3.8, 4) is 0 Å². The number of rotatable bonds is 5. The van der Waals surface area contributed by atoms with Crippen LogP contribution in [-0.2, 0) is 16.0 Å². The van der Waals surface area contributed by atoms with Crippen molar-refractivity contribution in [2.24, 2.45) is 0 Å². The monoisotopic (exact) mass is 398 g/mol. The first-order valence-corrected chi connectivity index (χ1v) is 9.03. The summed E-state index contributed by atoms with van der Waals surface area (Å²) in [7, 11) is 0. The van der Waals surface area contributed by atoms with Gasteiger partial charge in [-0.15, -0.1) is 0 Å². The Bertz CT molecular complexity index is 999. The minimum Gasteiger partial charge on any atom is -0.478 e. The van der Waals surface area contributed by atoms with E-state index in [-0.39, 0.29) is 0 Å². The molecule has 6 nitrogen and oxygen atoms in total. The number of fused-ring (bicyclic) bond motifs is 2. The van der Waals surface area contributed by atoms with Crippen LogP contribution in [0.2, 0.25) is 0 Å². The highest BCUT2D eigenvalue weighted by molar-refractivity contribution is 5.89. The van der Waals surface area contributed by atoms with E-state index in [1.807, 2.05) is 42.5 Å². The van der Waals surface area contributed by atoms with Crippen molar-refractivity contribution < 1.29 is 29.0 Å². The van der Waals surface area contributed by atoms with Crippen LogP contribution in [-0.4, -0.2) is 40.8 Å². The lowest BCUT2D eigenvalue weighted by Crippen LogP contribution is -2.06. The predicted octanol–water partition coefficient (Wildman–Crippen LogP) is 3.03. The molecule has 29 heavy (non-hydrogen) atoms. The van der Waals surface area contributed by atoms with Gasteiger partial charge in [0.2, 0.25) is 0 Å². The number of carboxylic acid groups (broad SMARTS) is 2. The lowest BCUT2D eigenvalue weighted by atomic mass is 9.93. The number of carboxylic acids is 2. The van der Waals surface area contributed by atoms with Gasteiger partial charge >= 0.3 is 11.9 Å². The highest BCUT2D eigenvalue weighted by Crippen LogP contribution is 2.37. The molecule has 0 spiro atoms. The van der Waals surface area contributed by atoms with Gasteiger partial charge in [-0.25, -0.2) is 9.59 Å². The SMILES string of the molecule is O=C(O)/C=C\C(=O)O.[2H]C([2H])([2H])NCC/C=C1\c2ccccc2CC(O)c2ccccc21. The third kappa shape index (κ3) is 6.41. The molecule has 3 rings (SSSR count). The van der Waals surface area contributed by atoms with E-state index in [1.165, 1.54) is 0 Å². The van der Waals surface area contributed by atoms with E-state index in [1.54, 1.807) is 0 Å². The topological polar surface area (TPSA) is 107 Å². The third-order valence-electron chi connectivity index (χ3n) is 4.32. The minimum absolute atomic E-state index is 0.382. The smallest absolute Gasteiger partial charge is 0.328 e. The summed E-state index contributed by atoms with van der Waals surface area (Å²) >= 11 is 0. The number of benzene rings is 2. The Morgan fingerprint density at radius 2 is 1.69 bits per heavy atom. The number of aliphatic carboxylic acids is 2. The predicted molar refractivity (Wildman–Crippen MR) is 112 cm³/mol. The Labute approximate surface area is 174 Å². The Morgan fingerprint density at radius 1 is 1.07 bits per heavy atom. The molecule has 152 valence electrons. The summed E-state index contributed by atoms with van der Waals surface area (Å²) in [6.45, 7) is -1.74. The summed E-state index contributed by atoms with van der Waals surface area (Å²) in [5.74, 6) is -2.51. The molecule has 0 aliphatic heterocycles.